The third-order valence-corrected chi connectivity index (χ3v) is 14.5. The Balaban J connectivity index is 1.23. The summed E-state index contributed by atoms with van der Waals surface area (Å²) in [6, 6.07) is 6.12. The van der Waals surface area contributed by atoms with Crippen LogP contribution in [0.3, 0.4) is 0 Å². The van der Waals surface area contributed by atoms with Gasteiger partial charge in [-0.25, -0.2) is 9.69 Å². The van der Waals surface area contributed by atoms with Gasteiger partial charge in [0.25, 0.3) is 0 Å². The summed E-state index contributed by atoms with van der Waals surface area (Å²) in [4.78, 5) is 43.3. The lowest BCUT2D eigenvalue weighted by Crippen LogP contribution is -2.82. The number of imide groups is 1. The zero-order valence-electron chi connectivity index (χ0n) is 29.3. The zero-order chi connectivity index (χ0) is 34.8. The average Bonchev–Trinajstić information content (AvgIpc) is 3.63. The van der Waals surface area contributed by atoms with E-state index in [1.165, 1.54) is 0 Å². The van der Waals surface area contributed by atoms with Crippen molar-refractivity contribution < 1.29 is 48.3 Å². The number of methoxy groups -OCH3 is 4. The molecule has 14 atom stereocenters. The van der Waals surface area contributed by atoms with Gasteiger partial charge >= 0.3 is 5.97 Å². The Morgan fingerprint density at radius 1 is 1.04 bits per heavy atom. The smallest absolute Gasteiger partial charge is 0.340 e. The minimum absolute atomic E-state index is 0.0358. The van der Waals surface area contributed by atoms with E-state index in [0.29, 0.717) is 25.9 Å². The number of anilines is 1. The number of likely N-dealkylation sites (N-methyl/N-ethyl adjacent to an activating group) is 1. The molecule has 0 radical (unpaired) electrons. The van der Waals surface area contributed by atoms with Gasteiger partial charge < -0.3 is 33.9 Å². The third-order valence-electron chi connectivity index (χ3n) is 14.5. The van der Waals surface area contributed by atoms with E-state index < -0.39 is 46.1 Å². The number of fused-ring (bicyclic) bond motifs is 2. The topological polar surface area (TPSA) is 144 Å². The number of amides is 2. The second kappa shape index (κ2) is 11.3. The molecule has 12 nitrogen and oxygen atoms in total. The van der Waals surface area contributed by atoms with E-state index in [9.17, 15) is 24.6 Å². The lowest BCUT2D eigenvalue weighted by atomic mass is 9.42. The van der Waals surface area contributed by atoms with E-state index in [1.807, 2.05) is 0 Å². The highest BCUT2D eigenvalue weighted by atomic mass is 16.5. The van der Waals surface area contributed by atoms with Gasteiger partial charge in [0, 0.05) is 82.3 Å². The number of esters is 1. The third kappa shape index (κ3) is 3.86. The summed E-state index contributed by atoms with van der Waals surface area (Å²) in [7, 11) is 6.70. The Hall–Kier alpha value is -2.45. The number of para-hydroxylation sites is 1. The Morgan fingerprint density at radius 3 is 2.43 bits per heavy atom. The average molecular weight is 683 g/mol. The van der Waals surface area contributed by atoms with Crippen LogP contribution in [-0.4, -0.2) is 123 Å². The maximum atomic E-state index is 14.1. The number of carbonyl (C=O) groups excluding carboxylic acids is 3. The van der Waals surface area contributed by atoms with Crippen LogP contribution < -0.4 is 4.90 Å². The molecule has 8 rings (SSSR count). The maximum absolute atomic E-state index is 14.1. The Morgan fingerprint density at radius 2 is 1.80 bits per heavy atom. The highest BCUT2D eigenvalue weighted by Crippen LogP contribution is 2.80. The van der Waals surface area contributed by atoms with E-state index in [0.717, 1.165) is 11.3 Å². The second-order valence-corrected chi connectivity index (χ2v) is 16.0. The summed E-state index contributed by atoms with van der Waals surface area (Å²) in [5.74, 6) is -2.47. The number of carbonyl (C=O) groups is 3. The Bertz CT molecular complexity index is 1560. The van der Waals surface area contributed by atoms with Crippen LogP contribution in [0.25, 0.3) is 0 Å². The van der Waals surface area contributed by atoms with Crippen LogP contribution in [0.1, 0.15) is 56.3 Å². The first-order valence-electron chi connectivity index (χ1n) is 17.9. The fourth-order valence-corrected chi connectivity index (χ4v) is 13.2. The molecule has 7 aliphatic rings. The van der Waals surface area contributed by atoms with Crippen LogP contribution in [0.2, 0.25) is 0 Å². The highest BCUT2D eigenvalue weighted by Gasteiger charge is 2.91. The molecule has 1 spiro atoms. The van der Waals surface area contributed by atoms with Crippen LogP contribution in [0.4, 0.5) is 5.69 Å². The van der Waals surface area contributed by atoms with Gasteiger partial charge in [-0.2, -0.15) is 0 Å². The number of benzene rings is 1. The molecule has 12 heteroatoms. The van der Waals surface area contributed by atoms with Crippen LogP contribution in [-0.2, 0) is 33.3 Å². The fourth-order valence-electron chi connectivity index (χ4n) is 13.2. The van der Waals surface area contributed by atoms with Crippen molar-refractivity contribution in [2.45, 2.75) is 87.6 Å². The Kier molecular flexibility index (Phi) is 7.75. The molecule has 268 valence electrons. The summed E-state index contributed by atoms with van der Waals surface area (Å²) in [5.41, 5.74) is -4.17. The molecule has 1 aromatic rings. The molecule has 5 saturated carbocycles. The van der Waals surface area contributed by atoms with Gasteiger partial charge in [0.15, 0.2) is 0 Å². The molecular weight excluding hydrogens is 632 g/mol. The molecule has 7 fully saturated rings. The standard InChI is InChI=1S/C37H50N2O10/c1-7-38-17-34(18-49-32(42)20-10-8-9-11-23(20)39-26(40)14-19(2)31(39)41)13-12-25(46-4)36-22-15-21-24(45-3)16-35(43,27(22)28(21)47-5)37(44,33(36)38)30(48-6)29(34)36/h8-11,19,21-22,24-25,27-30,33,43-44H,7,12-18H2,1-6H3/t19-,21+,22-,24+,25+,27+,28-,29-,30+,33+,34-,35+,36-,37+/m0/s1. The molecule has 7 bridgehead atoms. The van der Waals surface area contributed by atoms with Crippen molar-refractivity contribution in [3.05, 3.63) is 29.8 Å². The molecule has 0 unspecified atom stereocenters. The molecule has 2 amide bonds. The van der Waals surface area contributed by atoms with E-state index in [2.05, 4.69) is 11.8 Å². The number of likely N-dealkylation sites (tertiary alicyclic amines) is 1. The van der Waals surface area contributed by atoms with Gasteiger partial charge in [0.1, 0.15) is 11.2 Å². The number of nitrogens with zero attached hydrogens (tertiary/aromatic N) is 2. The molecule has 0 aromatic heterocycles. The summed E-state index contributed by atoms with van der Waals surface area (Å²) in [6.07, 6.45) is 0.813. The summed E-state index contributed by atoms with van der Waals surface area (Å²) in [5, 5.41) is 26.6. The normalized spacial score (nSPS) is 48.0. The van der Waals surface area contributed by atoms with Crippen molar-refractivity contribution >= 4 is 23.5 Å². The molecular formula is C37H50N2O10. The summed E-state index contributed by atoms with van der Waals surface area (Å²) < 4.78 is 31.4. The van der Waals surface area contributed by atoms with Crippen molar-refractivity contribution in [1.82, 2.24) is 4.90 Å². The summed E-state index contributed by atoms with van der Waals surface area (Å²) >= 11 is 0. The van der Waals surface area contributed by atoms with Crippen molar-refractivity contribution in [3.8, 4) is 0 Å². The van der Waals surface area contributed by atoms with Gasteiger partial charge in [0.2, 0.25) is 11.8 Å². The molecule has 2 heterocycles. The lowest BCUT2D eigenvalue weighted by molar-refractivity contribution is -0.320. The van der Waals surface area contributed by atoms with Gasteiger partial charge in [-0.1, -0.05) is 26.0 Å². The predicted molar refractivity (Wildman–Crippen MR) is 174 cm³/mol. The van der Waals surface area contributed by atoms with Crippen LogP contribution >= 0.6 is 0 Å². The number of hydrogen-bond acceptors (Lipinski definition) is 11. The molecule has 2 saturated heterocycles. The maximum Gasteiger partial charge on any atom is 0.340 e. The quantitative estimate of drug-likeness (QED) is 0.292. The van der Waals surface area contributed by atoms with Crippen molar-refractivity contribution in [1.29, 1.82) is 0 Å². The van der Waals surface area contributed by atoms with E-state index >= 15 is 0 Å². The van der Waals surface area contributed by atoms with E-state index in [1.54, 1.807) is 59.6 Å². The minimum atomic E-state index is -1.70. The Labute approximate surface area is 287 Å². The van der Waals surface area contributed by atoms with Crippen LogP contribution in [0.5, 0.6) is 0 Å². The number of ether oxygens (including phenoxy) is 5. The first-order chi connectivity index (χ1) is 23.4. The van der Waals surface area contributed by atoms with Gasteiger partial charge in [-0.15, -0.1) is 0 Å². The van der Waals surface area contributed by atoms with Crippen molar-refractivity contribution in [2.75, 3.05) is 53.0 Å². The first-order valence-corrected chi connectivity index (χ1v) is 17.9. The van der Waals surface area contributed by atoms with Gasteiger partial charge in [-0.3, -0.25) is 14.5 Å². The van der Waals surface area contributed by atoms with E-state index in [4.69, 9.17) is 23.7 Å². The predicted octanol–water partition coefficient (Wildman–Crippen LogP) is 2.04. The first kappa shape index (κ1) is 33.7. The largest absolute Gasteiger partial charge is 0.461 e. The lowest BCUT2D eigenvalue weighted by Gasteiger charge is -2.70. The number of hydrogen-bond donors (Lipinski definition) is 2. The number of rotatable bonds is 9. The molecule has 5 aliphatic carbocycles. The minimum Gasteiger partial charge on any atom is -0.461 e. The van der Waals surface area contributed by atoms with Crippen LogP contribution in [0, 0.1) is 40.4 Å². The second-order valence-electron chi connectivity index (χ2n) is 16.0. The highest BCUT2D eigenvalue weighted by molar-refractivity contribution is 6.22. The van der Waals surface area contributed by atoms with Crippen molar-refractivity contribution in [3.63, 3.8) is 0 Å². The van der Waals surface area contributed by atoms with Crippen molar-refractivity contribution in [2.24, 2.45) is 40.4 Å². The molecule has 2 N–H and O–H groups in total. The fraction of sp³-hybridized carbons (Fsp3) is 0.757. The number of aliphatic hydroxyl groups is 2. The molecule has 1 aromatic carbocycles. The molecule has 49 heavy (non-hydrogen) atoms. The van der Waals surface area contributed by atoms with Gasteiger partial charge in [0.05, 0.1) is 48.3 Å². The van der Waals surface area contributed by atoms with Crippen LogP contribution in [0.15, 0.2) is 24.3 Å². The van der Waals surface area contributed by atoms with Gasteiger partial charge in [-0.05, 0) is 43.9 Å². The molecule has 2 aliphatic heterocycles. The number of piperidine rings is 1. The monoisotopic (exact) mass is 682 g/mol. The summed E-state index contributed by atoms with van der Waals surface area (Å²) in [6.45, 7) is 4.95. The zero-order valence-corrected chi connectivity index (χ0v) is 29.3. The SMILES string of the molecule is CCN1C[C@]2(COC(=O)c3ccccc3N3C(=O)C[C@H](C)C3=O)CC[C@@H](OC)[C@]34[C@@H]1[C@](O)([C@H](OC)[C@@H]23)[C@@]1(O)C[C@@H](OC)[C@H]2C[C@H]4[C@@H]1[C@H]2OC. The van der Waals surface area contributed by atoms with E-state index in [-0.39, 0.29) is 84.5 Å².